The van der Waals surface area contributed by atoms with Crippen LogP contribution in [0, 0.1) is 0 Å². The predicted molar refractivity (Wildman–Crippen MR) is 155 cm³/mol. The van der Waals surface area contributed by atoms with Gasteiger partial charge in [0.2, 0.25) is 0 Å². The lowest BCUT2D eigenvalue weighted by Gasteiger charge is -2.27. The van der Waals surface area contributed by atoms with Crippen LogP contribution in [0.5, 0.6) is 5.75 Å². The van der Waals surface area contributed by atoms with Crippen LogP contribution < -0.4 is 9.64 Å². The van der Waals surface area contributed by atoms with E-state index < -0.39 is 17.7 Å². The number of carbonyl (C=O) groups is 2. The van der Waals surface area contributed by atoms with Gasteiger partial charge in [-0.25, -0.2) is 0 Å². The van der Waals surface area contributed by atoms with Crippen molar-refractivity contribution in [3.05, 3.63) is 100 Å². The monoisotopic (exact) mass is 523 g/mol. The highest BCUT2D eigenvalue weighted by molar-refractivity contribution is 6.51. The van der Waals surface area contributed by atoms with Gasteiger partial charge in [-0.1, -0.05) is 57.2 Å². The van der Waals surface area contributed by atoms with Gasteiger partial charge in [-0.3, -0.25) is 14.5 Å². The molecule has 0 saturated carbocycles. The molecular formula is C34H37NO4. The van der Waals surface area contributed by atoms with Crippen LogP contribution in [0.1, 0.15) is 81.3 Å². The second-order valence-corrected chi connectivity index (χ2v) is 11.9. The zero-order chi connectivity index (χ0) is 27.9. The molecule has 1 unspecified atom stereocenters. The fourth-order valence-corrected chi connectivity index (χ4v) is 5.57. The Morgan fingerprint density at radius 2 is 1.54 bits per heavy atom. The van der Waals surface area contributed by atoms with Crippen molar-refractivity contribution in [1.29, 1.82) is 0 Å². The van der Waals surface area contributed by atoms with Crippen LogP contribution in [0.3, 0.4) is 0 Å². The van der Waals surface area contributed by atoms with Gasteiger partial charge in [-0.05, 0) is 97.5 Å². The molecule has 0 radical (unpaired) electrons. The normalized spacial score (nSPS) is 18.9. The molecule has 0 spiro atoms. The van der Waals surface area contributed by atoms with Gasteiger partial charge >= 0.3 is 0 Å². The quantitative estimate of drug-likeness (QED) is 0.217. The lowest BCUT2D eigenvalue weighted by Crippen LogP contribution is -2.29. The summed E-state index contributed by atoms with van der Waals surface area (Å²) >= 11 is 0. The minimum atomic E-state index is -0.769. The zero-order valence-electron chi connectivity index (χ0n) is 23.5. The topological polar surface area (TPSA) is 66.8 Å². The molecule has 5 nitrogen and oxygen atoms in total. The van der Waals surface area contributed by atoms with Crippen LogP contribution >= 0.6 is 0 Å². The summed E-state index contributed by atoms with van der Waals surface area (Å²) in [5, 5.41) is 11.6. The van der Waals surface area contributed by atoms with Gasteiger partial charge in [0.15, 0.2) is 0 Å². The molecule has 39 heavy (non-hydrogen) atoms. The number of hydrogen-bond donors (Lipinski definition) is 1. The van der Waals surface area contributed by atoms with Gasteiger partial charge in [0.25, 0.3) is 11.7 Å². The number of rotatable bonds is 5. The maximum Gasteiger partial charge on any atom is 0.300 e. The Hall–Kier alpha value is -3.86. The highest BCUT2D eigenvalue weighted by atomic mass is 16.5. The van der Waals surface area contributed by atoms with Crippen LogP contribution in [0.25, 0.3) is 5.76 Å². The molecule has 5 heteroatoms. The molecular weight excluding hydrogens is 486 g/mol. The summed E-state index contributed by atoms with van der Waals surface area (Å²) in [6.45, 7) is 10.3. The Morgan fingerprint density at radius 1 is 0.897 bits per heavy atom. The number of amides is 1. The number of aryl methyl sites for hydroxylation is 2. The molecule has 0 aromatic heterocycles. The number of aliphatic hydroxyl groups is 1. The van der Waals surface area contributed by atoms with Gasteiger partial charge in [0, 0.05) is 11.3 Å². The Morgan fingerprint density at radius 3 is 2.15 bits per heavy atom. The Balaban J connectivity index is 1.64. The summed E-state index contributed by atoms with van der Waals surface area (Å²) in [5.41, 5.74) is 5.58. The molecule has 1 atom stereocenters. The van der Waals surface area contributed by atoms with Gasteiger partial charge in [-0.15, -0.1) is 0 Å². The largest absolute Gasteiger partial charge is 0.507 e. The number of benzene rings is 3. The molecule has 3 aromatic rings. The average molecular weight is 524 g/mol. The molecule has 1 aliphatic heterocycles. The van der Waals surface area contributed by atoms with E-state index in [0.717, 1.165) is 36.8 Å². The fraction of sp³-hybridized carbons (Fsp3) is 0.353. The van der Waals surface area contributed by atoms with Crippen molar-refractivity contribution in [2.75, 3.05) is 4.90 Å². The predicted octanol–water partition coefficient (Wildman–Crippen LogP) is 7.28. The number of ether oxygens (including phenoxy) is 1. The number of hydrogen-bond acceptors (Lipinski definition) is 4. The van der Waals surface area contributed by atoms with E-state index in [0.29, 0.717) is 17.0 Å². The standard InChI is InChI=1S/C34H37NO4/c1-21(2)39-28-18-12-23(13-19-28)30-29(31(36)25-11-10-22-8-6-7-9-24(22)20-25)32(37)33(38)35(30)27-16-14-26(15-17-27)34(3,4)5/h10-21,30,36H,6-9H2,1-5H3/b31-29-. The second-order valence-electron chi connectivity index (χ2n) is 11.9. The van der Waals surface area contributed by atoms with Gasteiger partial charge in [0.05, 0.1) is 17.7 Å². The van der Waals surface area contributed by atoms with Crippen molar-refractivity contribution >= 4 is 23.1 Å². The molecule has 1 heterocycles. The van der Waals surface area contributed by atoms with Crippen LogP contribution in [0.4, 0.5) is 5.69 Å². The van der Waals surface area contributed by atoms with Gasteiger partial charge in [-0.2, -0.15) is 0 Å². The smallest absolute Gasteiger partial charge is 0.300 e. The summed E-state index contributed by atoms with van der Waals surface area (Å²) in [5.74, 6) is -0.763. The molecule has 202 valence electrons. The SMILES string of the molecule is CC(C)Oc1ccc(C2/C(=C(/O)c3ccc4c(c3)CCCC4)C(=O)C(=O)N2c2ccc(C(C)(C)C)cc2)cc1. The maximum atomic E-state index is 13.6. The molecule has 1 saturated heterocycles. The highest BCUT2D eigenvalue weighted by Gasteiger charge is 2.47. The van der Waals surface area contributed by atoms with Crippen molar-refractivity contribution < 1.29 is 19.4 Å². The number of ketones is 1. The maximum absolute atomic E-state index is 13.6. The van der Waals surface area contributed by atoms with Gasteiger partial charge in [0.1, 0.15) is 11.5 Å². The number of anilines is 1. The first-order valence-electron chi connectivity index (χ1n) is 13.8. The third kappa shape index (κ3) is 5.23. The first-order chi connectivity index (χ1) is 18.5. The number of carbonyl (C=O) groups excluding carboxylic acids is 2. The molecule has 0 bridgehead atoms. The summed E-state index contributed by atoms with van der Waals surface area (Å²) in [4.78, 5) is 28.7. The van der Waals surface area contributed by atoms with E-state index in [9.17, 15) is 14.7 Å². The van der Waals surface area contributed by atoms with E-state index in [4.69, 9.17) is 4.74 Å². The third-order valence-electron chi connectivity index (χ3n) is 7.65. The van der Waals surface area contributed by atoms with Crippen molar-refractivity contribution in [2.24, 2.45) is 0 Å². The van der Waals surface area contributed by atoms with Crippen LogP contribution in [-0.4, -0.2) is 22.9 Å². The molecule has 3 aromatic carbocycles. The Labute approximate surface area is 231 Å². The van der Waals surface area contributed by atoms with Crippen molar-refractivity contribution in [3.63, 3.8) is 0 Å². The number of Topliss-reactive ketones (excluding diaryl/α,β-unsaturated/α-hetero) is 1. The van der Waals surface area contributed by atoms with E-state index in [1.807, 2.05) is 80.6 Å². The first kappa shape index (κ1) is 26.7. The number of nitrogens with zero attached hydrogens (tertiary/aromatic N) is 1. The zero-order valence-corrected chi connectivity index (χ0v) is 23.5. The molecule has 1 aliphatic carbocycles. The van der Waals surface area contributed by atoms with Crippen molar-refractivity contribution in [2.45, 2.75) is 77.9 Å². The number of fused-ring (bicyclic) bond motifs is 1. The minimum Gasteiger partial charge on any atom is -0.507 e. The Kier molecular flexibility index (Phi) is 7.11. The Bertz CT molecular complexity index is 1430. The summed E-state index contributed by atoms with van der Waals surface area (Å²) < 4.78 is 5.82. The van der Waals surface area contributed by atoms with E-state index in [-0.39, 0.29) is 22.9 Å². The third-order valence-corrected chi connectivity index (χ3v) is 7.65. The molecule has 2 aliphatic rings. The summed E-state index contributed by atoms with van der Waals surface area (Å²) in [6, 6.07) is 20.3. The fourth-order valence-electron chi connectivity index (χ4n) is 5.57. The lowest BCUT2D eigenvalue weighted by atomic mass is 9.87. The first-order valence-corrected chi connectivity index (χ1v) is 13.8. The minimum absolute atomic E-state index is 0.0202. The second kappa shape index (κ2) is 10.4. The number of aliphatic hydroxyl groups excluding tert-OH is 1. The average Bonchev–Trinajstić information content (AvgIpc) is 3.17. The van der Waals surface area contributed by atoms with Crippen LogP contribution in [-0.2, 0) is 27.8 Å². The van der Waals surface area contributed by atoms with Gasteiger partial charge < -0.3 is 9.84 Å². The van der Waals surface area contributed by atoms with E-state index in [2.05, 4.69) is 20.8 Å². The lowest BCUT2D eigenvalue weighted by molar-refractivity contribution is -0.132. The molecule has 1 amide bonds. The van der Waals surface area contributed by atoms with Crippen LogP contribution in [0.15, 0.2) is 72.3 Å². The van der Waals surface area contributed by atoms with Crippen molar-refractivity contribution in [3.8, 4) is 5.75 Å². The molecule has 1 N–H and O–H groups in total. The highest BCUT2D eigenvalue weighted by Crippen LogP contribution is 2.43. The molecule has 1 fully saturated rings. The van der Waals surface area contributed by atoms with Crippen LogP contribution in [0.2, 0.25) is 0 Å². The molecule has 5 rings (SSSR count). The summed E-state index contributed by atoms with van der Waals surface area (Å²) in [7, 11) is 0. The van der Waals surface area contributed by atoms with E-state index >= 15 is 0 Å². The van der Waals surface area contributed by atoms with E-state index in [1.165, 1.54) is 16.0 Å². The van der Waals surface area contributed by atoms with Crippen molar-refractivity contribution in [1.82, 2.24) is 0 Å². The summed E-state index contributed by atoms with van der Waals surface area (Å²) in [6.07, 6.45) is 4.26. The van der Waals surface area contributed by atoms with E-state index in [1.54, 1.807) is 0 Å².